The van der Waals surface area contributed by atoms with Crippen molar-refractivity contribution < 1.29 is 13.2 Å². The molecule has 1 heterocycles. The van der Waals surface area contributed by atoms with E-state index in [9.17, 15) is 8.42 Å². The van der Waals surface area contributed by atoms with Gasteiger partial charge in [0.15, 0.2) is 9.84 Å². The maximum atomic E-state index is 11.5. The van der Waals surface area contributed by atoms with Gasteiger partial charge in [-0.3, -0.25) is 0 Å². The van der Waals surface area contributed by atoms with Gasteiger partial charge in [-0.2, -0.15) is 0 Å². The second-order valence-electron chi connectivity index (χ2n) is 5.47. The van der Waals surface area contributed by atoms with Gasteiger partial charge in [0.25, 0.3) is 0 Å². The highest BCUT2D eigenvalue weighted by Gasteiger charge is 2.19. The molecule has 112 valence electrons. The van der Waals surface area contributed by atoms with Crippen molar-refractivity contribution in [2.75, 3.05) is 26.5 Å². The molecule has 1 atom stereocenters. The zero-order valence-electron chi connectivity index (χ0n) is 12.1. The van der Waals surface area contributed by atoms with Crippen molar-refractivity contribution in [3.05, 3.63) is 29.8 Å². The molecule has 2 rings (SSSR count). The van der Waals surface area contributed by atoms with Gasteiger partial charge in [-0.1, -0.05) is 12.1 Å². The van der Waals surface area contributed by atoms with Gasteiger partial charge >= 0.3 is 0 Å². The van der Waals surface area contributed by atoms with Crippen LogP contribution in [0.2, 0.25) is 0 Å². The second-order valence-corrected chi connectivity index (χ2v) is 7.49. The molecular formula is C15H23NO3S. The smallest absolute Gasteiger partial charge is 0.175 e. The van der Waals surface area contributed by atoms with Gasteiger partial charge in [0.2, 0.25) is 0 Å². The fourth-order valence-corrected chi connectivity index (χ4v) is 3.31. The molecule has 1 aromatic carbocycles. The highest BCUT2D eigenvalue weighted by Crippen LogP contribution is 2.27. The average molecular weight is 297 g/mol. The fourth-order valence-electron chi connectivity index (χ4n) is 2.68. The van der Waals surface area contributed by atoms with E-state index < -0.39 is 9.84 Å². The minimum absolute atomic E-state index is 0.270. The maximum absolute atomic E-state index is 11.5. The molecule has 0 aliphatic carbocycles. The molecule has 1 aliphatic rings. The van der Waals surface area contributed by atoms with Crippen molar-refractivity contribution in [3.63, 3.8) is 0 Å². The zero-order chi connectivity index (χ0) is 14.6. The van der Waals surface area contributed by atoms with Crippen LogP contribution in [-0.2, 0) is 14.6 Å². The quantitative estimate of drug-likeness (QED) is 0.905. The molecule has 20 heavy (non-hydrogen) atoms. The summed E-state index contributed by atoms with van der Waals surface area (Å²) >= 11 is 0. The van der Waals surface area contributed by atoms with Gasteiger partial charge in [-0.05, 0) is 49.9 Å². The Labute approximate surface area is 121 Å². The molecule has 4 nitrogen and oxygen atoms in total. The van der Waals surface area contributed by atoms with Crippen molar-refractivity contribution in [2.24, 2.45) is 5.92 Å². The molecule has 0 bridgehead atoms. The monoisotopic (exact) mass is 297 g/mol. The SMILES string of the molecule is CNC(CC1CCOCC1)c1ccc(S(C)(=O)=O)cc1. The molecule has 0 spiro atoms. The Hall–Kier alpha value is -0.910. The van der Waals surface area contributed by atoms with E-state index in [1.165, 1.54) is 6.26 Å². The second kappa shape index (κ2) is 6.70. The Morgan fingerprint density at radius 2 is 1.85 bits per heavy atom. The van der Waals surface area contributed by atoms with Gasteiger partial charge < -0.3 is 10.1 Å². The third-order valence-electron chi connectivity index (χ3n) is 3.97. The first-order valence-corrected chi connectivity index (χ1v) is 8.95. The van der Waals surface area contributed by atoms with Crippen molar-refractivity contribution in [3.8, 4) is 0 Å². The molecule has 0 amide bonds. The van der Waals surface area contributed by atoms with Crippen molar-refractivity contribution in [1.82, 2.24) is 5.32 Å². The lowest BCUT2D eigenvalue weighted by atomic mass is 9.89. The standard InChI is InChI=1S/C15H23NO3S/c1-16-15(11-12-7-9-19-10-8-12)13-3-5-14(6-4-13)20(2,17)18/h3-6,12,15-16H,7-11H2,1-2H3. The fraction of sp³-hybridized carbons (Fsp3) is 0.600. The van der Waals surface area contributed by atoms with Gasteiger partial charge in [-0.15, -0.1) is 0 Å². The van der Waals surface area contributed by atoms with E-state index in [1.807, 2.05) is 19.2 Å². The third-order valence-corrected chi connectivity index (χ3v) is 5.10. The Bertz CT molecular complexity index is 519. The molecule has 0 saturated carbocycles. The largest absolute Gasteiger partial charge is 0.381 e. The van der Waals surface area contributed by atoms with Crippen LogP contribution in [0.15, 0.2) is 29.2 Å². The Morgan fingerprint density at radius 1 is 1.25 bits per heavy atom. The highest BCUT2D eigenvalue weighted by molar-refractivity contribution is 7.90. The van der Waals surface area contributed by atoms with E-state index in [4.69, 9.17) is 4.74 Å². The van der Waals surface area contributed by atoms with Gasteiger partial charge in [0.1, 0.15) is 0 Å². The van der Waals surface area contributed by atoms with Crippen LogP contribution in [0, 0.1) is 5.92 Å². The van der Waals surface area contributed by atoms with Crippen molar-refractivity contribution >= 4 is 9.84 Å². The van der Waals surface area contributed by atoms with Crippen LogP contribution in [0.1, 0.15) is 30.9 Å². The Kier molecular flexibility index (Phi) is 5.18. The molecular weight excluding hydrogens is 274 g/mol. The summed E-state index contributed by atoms with van der Waals surface area (Å²) in [5, 5.41) is 3.33. The minimum atomic E-state index is -3.12. The van der Waals surface area contributed by atoms with Crippen LogP contribution >= 0.6 is 0 Å². The van der Waals surface area contributed by atoms with Crippen LogP contribution in [0.4, 0.5) is 0 Å². The number of nitrogens with one attached hydrogen (secondary N) is 1. The summed E-state index contributed by atoms with van der Waals surface area (Å²) in [6.45, 7) is 1.71. The van der Waals surface area contributed by atoms with Crippen LogP contribution in [0.3, 0.4) is 0 Å². The predicted octanol–water partition coefficient (Wildman–Crippen LogP) is 2.17. The van der Waals surface area contributed by atoms with E-state index in [2.05, 4.69) is 5.32 Å². The van der Waals surface area contributed by atoms with Crippen LogP contribution < -0.4 is 5.32 Å². The molecule has 0 radical (unpaired) electrons. The van der Waals surface area contributed by atoms with E-state index in [0.29, 0.717) is 10.8 Å². The van der Waals surface area contributed by atoms with Crippen molar-refractivity contribution in [1.29, 1.82) is 0 Å². The lowest BCUT2D eigenvalue weighted by molar-refractivity contribution is 0.0608. The van der Waals surface area contributed by atoms with E-state index in [1.54, 1.807) is 12.1 Å². The van der Waals surface area contributed by atoms with Gasteiger partial charge in [0, 0.05) is 25.5 Å². The Morgan fingerprint density at radius 3 is 2.35 bits per heavy atom. The van der Waals surface area contributed by atoms with Gasteiger partial charge in [-0.25, -0.2) is 8.42 Å². The Balaban J connectivity index is 2.07. The lowest BCUT2D eigenvalue weighted by Gasteiger charge is -2.26. The van der Waals surface area contributed by atoms with E-state index >= 15 is 0 Å². The first-order valence-electron chi connectivity index (χ1n) is 7.05. The molecule has 5 heteroatoms. The number of ether oxygens (including phenoxy) is 1. The summed E-state index contributed by atoms with van der Waals surface area (Å²) in [6.07, 6.45) is 4.52. The molecule has 1 aromatic rings. The summed E-state index contributed by atoms with van der Waals surface area (Å²) in [7, 11) is -1.16. The first-order chi connectivity index (χ1) is 9.50. The summed E-state index contributed by atoms with van der Waals surface area (Å²) in [5.74, 6) is 0.677. The topological polar surface area (TPSA) is 55.4 Å². The summed E-state index contributed by atoms with van der Waals surface area (Å²) in [4.78, 5) is 0.377. The number of benzene rings is 1. The van der Waals surface area contributed by atoms with Gasteiger partial charge in [0.05, 0.1) is 4.90 Å². The molecule has 1 N–H and O–H groups in total. The first kappa shape index (κ1) is 15.5. The molecule has 1 aliphatic heterocycles. The van der Waals surface area contributed by atoms with E-state index in [0.717, 1.165) is 38.0 Å². The third kappa shape index (κ3) is 4.04. The van der Waals surface area contributed by atoms with Crippen LogP contribution in [0.25, 0.3) is 0 Å². The number of hydrogen-bond donors (Lipinski definition) is 1. The number of hydrogen-bond acceptors (Lipinski definition) is 4. The number of sulfone groups is 1. The molecule has 1 fully saturated rings. The number of rotatable bonds is 5. The maximum Gasteiger partial charge on any atom is 0.175 e. The molecule has 1 unspecified atom stereocenters. The van der Waals surface area contributed by atoms with E-state index in [-0.39, 0.29) is 6.04 Å². The summed E-state index contributed by atoms with van der Waals surface area (Å²) in [6, 6.07) is 7.48. The van der Waals surface area contributed by atoms with Crippen molar-refractivity contribution in [2.45, 2.75) is 30.2 Å². The molecule has 1 saturated heterocycles. The minimum Gasteiger partial charge on any atom is -0.381 e. The summed E-state index contributed by atoms with van der Waals surface area (Å²) in [5.41, 5.74) is 1.14. The lowest BCUT2D eigenvalue weighted by Crippen LogP contribution is -2.24. The van der Waals surface area contributed by atoms with Crippen LogP contribution in [0.5, 0.6) is 0 Å². The molecule has 0 aromatic heterocycles. The zero-order valence-corrected chi connectivity index (χ0v) is 12.9. The summed E-state index contributed by atoms with van der Waals surface area (Å²) < 4.78 is 28.3. The average Bonchev–Trinajstić information content (AvgIpc) is 2.45. The van der Waals surface area contributed by atoms with Crippen LogP contribution in [-0.4, -0.2) is 34.9 Å². The highest BCUT2D eigenvalue weighted by atomic mass is 32.2. The predicted molar refractivity (Wildman–Crippen MR) is 79.5 cm³/mol. The normalized spacial score (nSPS) is 18.9.